The van der Waals surface area contributed by atoms with Gasteiger partial charge in [-0.2, -0.15) is 0 Å². The molecule has 0 aliphatic carbocycles. The van der Waals surface area contributed by atoms with Crippen LogP contribution in [0.5, 0.6) is 11.5 Å². The second kappa shape index (κ2) is 8.25. The first-order chi connectivity index (χ1) is 12.6. The van der Waals surface area contributed by atoms with Crippen LogP contribution in [0.1, 0.15) is 17.2 Å². The Hall–Kier alpha value is -2.51. The molecule has 0 spiro atoms. The fourth-order valence-corrected chi connectivity index (χ4v) is 3.25. The molecule has 1 fully saturated rings. The summed E-state index contributed by atoms with van der Waals surface area (Å²) in [6, 6.07) is 14.3. The number of carbonyl (C=O) groups excluding carboxylic acids is 2. The number of ether oxygens (including phenoxy) is 2. The molecule has 1 aliphatic rings. The van der Waals surface area contributed by atoms with Crippen molar-refractivity contribution in [2.75, 3.05) is 19.5 Å². The fourth-order valence-electron chi connectivity index (χ4n) is 2.53. The number of hydrogen-bond acceptors (Lipinski definition) is 6. The Morgan fingerprint density at radius 2 is 1.92 bits per heavy atom. The van der Waals surface area contributed by atoms with Crippen molar-refractivity contribution in [3.05, 3.63) is 59.7 Å². The number of rotatable bonds is 7. The molecule has 0 saturated carbocycles. The van der Waals surface area contributed by atoms with Crippen molar-refractivity contribution in [1.82, 2.24) is 4.90 Å². The molecule has 1 N–H and O–H groups in total. The van der Waals surface area contributed by atoms with E-state index in [1.54, 1.807) is 37.4 Å². The van der Waals surface area contributed by atoms with Crippen LogP contribution in [-0.4, -0.2) is 40.6 Å². The van der Waals surface area contributed by atoms with Crippen LogP contribution in [0, 0.1) is 0 Å². The quantitative estimate of drug-likeness (QED) is 0.804. The smallest absolute Gasteiger partial charge is 0.289 e. The molecule has 0 bridgehead atoms. The molecule has 2 aromatic rings. The highest BCUT2D eigenvalue weighted by atomic mass is 32.2. The number of aliphatic hydroxyl groups excluding tert-OH is 1. The summed E-state index contributed by atoms with van der Waals surface area (Å²) in [4.78, 5) is 24.5. The summed E-state index contributed by atoms with van der Waals surface area (Å²) in [6.45, 7) is 0.365. The second-order valence-electron chi connectivity index (χ2n) is 5.78. The van der Waals surface area contributed by atoms with Gasteiger partial charge in [0.15, 0.2) is 0 Å². The minimum atomic E-state index is -0.776. The van der Waals surface area contributed by atoms with Gasteiger partial charge in [-0.05, 0) is 35.4 Å². The number of aliphatic hydroxyl groups is 1. The number of nitrogens with zero attached hydrogens (tertiary/aromatic N) is 1. The Labute approximate surface area is 155 Å². The van der Waals surface area contributed by atoms with Gasteiger partial charge in [0.2, 0.25) is 5.91 Å². The van der Waals surface area contributed by atoms with Crippen LogP contribution in [0.2, 0.25) is 0 Å². The molecule has 2 aromatic carbocycles. The standard InChI is InChI=1S/C19H19NO5S/c1-24-16-4-2-3-14(9-16)17(21)11-25-15-7-5-13(6-8-15)10-20-18(22)12-26-19(20)23/h2-9,17,21H,10-12H2,1H3. The van der Waals surface area contributed by atoms with Gasteiger partial charge in [0, 0.05) is 0 Å². The maximum absolute atomic E-state index is 11.6. The normalized spacial score (nSPS) is 15.2. The van der Waals surface area contributed by atoms with Crippen molar-refractivity contribution in [3.8, 4) is 11.5 Å². The number of amides is 2. The summed E-state index contributed by atoms with van der Waals surface area (Å²) >= 11 is 1.02. The van der Waals surface area contributed by atoms with E-state index in [0.717, 1.165) is 17.3 Å². The Bertz CT molecular complexity index is 777. The van der Waals surface area contributed by atoms with Gasteiger partial charge in [-0.3, -0.25) is 14.5 Å². The maximum Gasteiger partial charge on any atom is 0.289 e. The molecule has 7 heteroatoms. The first kappa shape index (κ1) is 18.3. The number of carbonyl (C=O) groups is 2. The molecule has 26 heavy (non-hydrogen) atoms. The van der Waals surface area contributed by atoms with Crippen molar-refractivity contribution in [2.24, 2.45) is 0 Å². The van der Waals surface area contributed by atoms with Crippen molar-refractivity contribution >= 4 is 22.9 Å². The van der Waals surface area contributed by atoms with Gasteiger partial charge in [-0.1, -0.05) is 36.0 Å². The van der Waals surface area contributed by atoms with Crippen LogP contribution < -0.4 is 9.47 Å². The molecule has 1 heterocycles. The average Bonchev–Trinajstić information content (AvgIpc) is 2.99. The van der Waals surface area contributed by atoms with Gasteiger partial charge in [-0.15, -0.1) is 0 Å². The summed E-state index contributed by atoms with van der Waals surface area (Å²) in [6.07, 6.45) is -0.776. The Kier molecular flexibility index (Phi) is 5.80. The number of thioether (sulfide) groups is 1. The molecule has 6 nitrogen and oxygen atoms in total. The highest BCUT2D eigenvalue weighted by Gasteiger charge is 2.29. The number of hydrogen-bond donors (Lipinski definition) is 1. The van der Waals surface area contributed by atoms with Crippen molar-refractivity contribution in [1.29, 1.82) is 0 Å². The zero-order valence-corrected chi connectivity index (χ0v) is 15.1. The van der Waals surface area contributed by atoms with Crippen LogP contribution >= 0.6 is 11.8 Å². The summed E-state index contributed by atoms with van der Waals surface area (Å²) < 4.78 is 10.8. The van der Waals surface area contributed by atoms with Crippen LogP contribution in [0.25, 0.3) is 0 Å². The van der Waals surface area contributed by atoms with Gasteiger partial charge in [0.05, 0.1) is 19.4 Å². The molecule has 1 saturated heterocycles. The Morgan fingerprint density at radius 1 is 1.15 bits per heavy atom. The predicted molar refractivity (Wildman–Crippen MR) is 98.3 cm³/mol. The minimum Gasteiger partial charge on any atom is -0.497 e. The lowest BCUT2D eigenvalue weighted by atomic mass is 10.1. The maximum atomic E-state index is 11.6. The van der Waals surface area contributed by atoms with Crippen molar-refractivity contribution in [3.63, 3.8) is 0 Å². The Morgan fingerprint density at radius 3 is 2.58 bits per heavy atom. The zero-order chi connectivity index (χ0) is 18.5. The topological polar surface area (TPSA) is 76.1 Å². The molecule has 1 atom stereocenters. The summed E-state index contributed by atoms with van der Waals surface area (Å²) in [5.74, 6) is 1.32. The second-order valence-corrected chi connectivity index (χ2v) is 6.71. The monoisotopic (exact) mass is 373 g/mol. The molecule has 1 unspecified atom stereocenters. The number of imide groups is 1. The van der Waals surface area contributed by atoms with Gasteiger partial charge < -0.3 is 14.6 Å². The first-order valence-electron chi connectivity index (χ1n) is 8.07. The van der Waals surface area contributed by atoms with E-state index in [9.17, 15) is 14.7 Å². The summed E-state index contributed by atoms with van der Waals surface area (Å²) in [5.41, 5.74) is 1.56. The third-order valence-electron chi connectivity index (χ3n) is 3.99. The largest absolute Gasteiger partial charge is 0.497 e. The highest BCUT2D eigenvalue weighted by molar-refractivity contribution is 8.14. The molecule has 2 amide bonds. The lowest BCUT2D eigenvalue weighted by molar-refractivity contribution is -0.125. The Balaban J connectivity index is 1.55. The van der Waals surface area contributed by atoms with Crippen molar-refractivity contribution in [2.45, 2.75) is 12.6 Å². The average molecular weight is 373 g/mol. The van der Waals surface area contributed by atoms with E-state index in [4.69, 9.17) is 9.47 Å². The van der Waals surface area contributed by atoms with E-state index in [1.807, 2.05) is 18.2 Å². The minimum absolute atomic E-state index is 0.103. The summed E-state index contributed by atoms with van der Waals surface area (Å²) in [5, 5.41) is 10.0. The van der Waals surface area contributed by atoms with Crippen LogP contribution in [0.15, 0.2) is 48.5 Å². The summed E-state index contributed by atoms with van der Waals surface area (Å²) in [7, 11) is 1.57. The third kappa shape index (κ3) is 4.36. The molecular formula is C19H19NO5S. The molecule has 0 radical (unpaired) electrons. The molecule has 3 rings (SSSR count). The van der Waals surface area contributed by atoms with Crippen LogP contribution in [0.4, 0.5) is 4.79 Å². The van der Waals surface area contributed by atoms with E-state index in [-0.39, 0.29) is 30.1 Å². The van der Waals surface area contributed by atoms with Gasteiger partial charge in [0.1, 0.15) is 24.2 Å². The SMILES string of the molecule is COc1cccc(C(O)COc2ccc(CN3C(=O)CSC3=O)cc2)c1. The van der Waals surface area contributed by atoms with E-state index < -0.39 is 6.10 Å². The van der Waals surface area contributed by atoms with Gasteiger partial charge in [0.25, 0.3) is 5.24 Å². The molecule has 1 aliphatic heterocycles. The van der Waals surface area contributed by atoms with Crippen LogP contribution in [-0.2, 0) is 11.3 Å². The number of benzene rings is 2. The predicted octanol–water partition coefficient (Wildman–Crippen LogP) is 3.00. The van der Waals surface area contributed by atoms with Crippen LogP contribution in [0.3, 0.4) is 0 Å². The molecule has 0 aromatic heterocycles. The molecule has 136 valence electrons. The zero-order valence-electron chi connectivity index (χ0n) is 14.3. The van der Waals surface area contributed by atoms with Gasteiger partial charge >= 0.3 is 0 Å². The first-order valence-corrected chi connectivity index (χ1v) is 9.06. The third-order valence-corrected chi connectivity index (χ3v) is 4.85. The van der Waals surface area contributed by atoms with E-state index in [2.05, 4.69) is 0 Å². The van der Waals surface area contributed by atoms with Crippen molar-refractivity contribution < 1.29 is 24.2 Å². The van der Waals surface area contributed by atoms with E-state index in [0.29, 0.717) is 17.1 Å². The van der Waals surface area contributed by atoms with Gasteiger partial charge in [-0.25, -0.2) is 0 Å². The fraction of sp³-hybridized carbons (Fsp3) is 0.263. The lowest BCUT2D eigenvalue weighted by Crippen LogP contribution is -2.27. The van der Waals surface area contributed by atoms with E-state index in [1.165, 1.54) is 4.90 Å². The number of methoxy groups -OCH3 is 1. The molecular weight excluding hydrogens is 354 g/mol. The lowest BCUT2D eigenvalue weighted by Gasteiger charge is -2.15. The van der Waals surface area contributed by atoms with E-state index >= 15 is 0 Å². The highest BCUT2D eigenvalue weighted by Crippen LogP contribution is 2.23.